The molecule has 23 heteroatoms. The minimum atomic E-state index is -5.33. The molecule has 0 atom stereocenters. The van der Waals surface area contributed by atoms with E-state index in [1.165, 1.54) is 42.8 Å². The van der Waals surface area contributed by atoms with E-state index >= 15 is 0 Å². The van der Waals surface area contributed by atoms with Crippen molar-refractivity contribution in [2.75, 3.05) is 35.6 Å². The number of anilines is 2. The van der Waals surface area contributed by atoms with Crippen LogP contribution in [0.3, 0.4) is 0 Å². The third-order valence-corrected chi connectivity index (χ3v) is 14.2. The maximum atomic E-state index is 14.1. The van der Waals surface area contributed by atoms with Gasteiger partial charge in [-0.05, 0) is 110 Å². The highest BCUT2D eigenvalue weighted by atomic mass is 79.9. The van der Waals surface area contributed by atoms with Crippen LogP contribution in [0.15, 0.2) is 70.5 Å². The Morgan fingerprint density at radius 2 is 0.687 bits per heavy atom. The fourth-order valence-corrected chi connectivity index (χ4v) is 9.62. The summed E-state index contributed by atoms with van der Waals surface area (Å²) < 4.78 is 225. The van der Waals surface area contributed by atoms with Gasteiger partial charge in [-0.2, -0.15) is 52.7 Å². The van der Waals surface area contributed by atoms with E-state index in [2.05, 4.69) is 32.7 Å². The van der Waals surface area contributed by atoms with Crippen molar-refractivity contribution in [3.05, 3.63) is 94.0 Å². The second kappa shape index (κ2) is 19.3. The lowest BCUT2D eigenvalue weighted by Crippen LogP contribution is -3.00. The average molecular weight is 1070 g/mol. The standard InChI is InChI=1S/C36H31F12N3O4S2.C8H20N.BrH/c1-31(2,3)17-13-25-26-14-18(32(4,5)6)16-28(57(54,55)51-24-11-21(35(43,44)45)8-22(12-24)36(46,47)48)30(26)49-29(25)27(15-17)56(52,53)50-23-9-19(33(37,38)39)7-20(10-23)34(40,41)42;1-5-9(6-2,7-3)8-4;/h7-16,49-51H,1-6H3;5-8H2,1-4H3;1H/q;+1;/p-1. The zero-order valence-electron chi connectivity index (χ0n) is 37.9. The smallest absolute Gasteiger partial charge is 0.416 e. The van der Waals surface area contributed by atoms with E-state index in [1.807, 2.05) is 0 Å². The van der Waals surface area contributed by atoms with Gasteiger partial charge in [-0.1, -0.05) is 41.5 Å². The molecule has 1 heterocycles. The molecule has 0 unspecified atom stereocenters. The molecular formula is C44H51BrF12N4O4S2. The van der Waals surface area contributed by atoms with Gasteiger partial charge in [-0.15, -0.1) is 0 Å². The number of aromatic nitrogens is 1. The van der Waals surface area contributed by atoms with Crippen LogP contribution in [0.2, 0.25) is 0 Å². The summed E-state index contributed by atoms with van der Waals surface area (Å²) in [5, 5.41) is -0.0300. The van der Waals surface area contributed by atoms with E-state index in [0.29, 0.717) is 0 Å². The lowest BCUT2D eigenvalue weighted by Gasteiger charge is -2.34. The van der Waals surface area contributed by atoms with Crippen LogP contribution in [-0.2, 0) is 55.6 Å². The molecule has 0 saturated heterocycles. The van der Waals surface area contributed by atoms with Crippen LogP contribution in [-0.4, -0.2) is 52.5 Å². The van der Waals surface area contributed by atoms with E-state index in [4.69, 9.17) is 0 Å². The van der Waals surface area contributed by atoms with Gasteiger partial charge in [-0.3, -0.25) is 9.44 Å². The zero-order chi connectivity index (χ0) is 50.6. The minimum Gasteiger partial charge on any atom is -1.00 e. The number of halogens is 13. The van der Waals surface area contributed by atoms with Crippen LogP contribution in [0.1, 0.15) is 103 Å². The molecule has 67 heavy (non-hydrogen) atoms. The number of quaternary nitrogens is 1. The van der Waals surface area contributed by atoms with Crippen LogP contribution >= 0.6 is 0 Å². The van der Waals surface area contributed by atoms with Crippen LogP contribution in [0, 0.1) is 0 Å². The van der Waals surface area contributed by atoms with E-state index in [0.717, 1.165) is 12.1 Å². The maximum absolute atomic E-state index is 14.1. The lowest BCUT2D eigenvalue weighted by molar-refractivity contribution is -0.921. The molecule has 0 aliphatic heterocycles. The molecular weight excluding hydrogens is 1020 g/mol. The monoisotopic (exact) mass is 1070 g/mol. The Balaban J connectivity index is 0.00000108. The molecule has 374 valence electrons. The van der Waals surface area contributed by atoms with E-state index in [9.17, 15) is 69.5 Å². The third kappa shape index (κ3) is 13.1. The predicted molar refractivity (Wildman–Crippen MR) is 230 cm³/mol. The van der Waals surface area contributed by atoms with Crippen LogP contribution < -0.4 is 26.4 Å². The molecule has 5 aromatic rings. The van der Waals surface area contributed by atoms with Crippen molar-refractivity contribution in [1.82, 2.24) is 4.98 Å². The molecule has 0 spiro atoms. The molecule has 0 fully saturated rings. The molecule has 0 amide bonds. The summed E-state index contributed by atoms with van der Waals surface area (Å²) in [6, 6.07) is 5.21. The van der Waals surface area contributed by atoms with Gasteiger partial charge in [0.25, 0.3) is 20.0 Å². The first kappa shape index (κ1) is 57.1. The summed E-state index contributed by atoms with van der Waals surface area (Å²) in [6.45, 7) is 24.1. The number of fused-ring (bicyclic) bond motifs is 3. The minimum absolute atomic E-state index is 0. The number of nitrogens with one attached hydrogen (secondary N) is 3. The summed E-state index contributed by atoms with van der Waals surface area (Å²) in [4.78, 5) is 1.13. The lowest BCUT2D eigenvalue weighted by atomic mass is 9.85. The number of rotatable bonds is 10. The first-order valence-corrected chi connectivity index (χ1v) is 23.3. The number of hydrogen-bond acceptors (Lipinski definition) is 4. The normalized spacial score (nSPS) is 13.6. The van der Waals surface area contributed by atoms with Crippen molar-refractivity contribution in [2.24, 2.45) is 0 Å². The molecule has 1 aromatic heterocycles. The second-order valence-electron chi connectivity index (χ2n) is 17.8. The molecule has 8 nitrogen and oxygen atoms in total. The van der Waals surface area contributed by atoms with Gasteiger partial charge in [0.1, 0.15) is 9.79 Å². The summed E-state index contributed by atoms with van der Waals surface area (Å²) in [5.41, 5.74) is -11.7. The number of nitrogens with zero attached hydrogens (tertiary/aromatic N) is 1. The summed E-state index contributed by atoms with van der Waals surface area (Å²) in [7, 11) is -10.3. The second-order valence-corrected chi connectivity index (χ2v) is 21.1. The number of benzene rings is 4. The van der Waals surface area contributed by atoms with Crippen molar-refractivity contribution in [2.45, 2.75) is 115 Å². The summed E-state index contributed by atoms with van der Waals surface area (Å²) in [5.74, 6) is 0. The molecule has 0 saturated carbocycles. The molecule has 0 aliphatic carbocycles. The Bertz CT molecular complexity index is 2560. The third-order valence-electron chi connectivity index (χ3n) is 11.4. The number of H-pyrrole nitrogens is 1. The first-order valence-electron chi connectivity index (χ1n) is 20.4. The van der Waals surface area contributed by atoms with E-state index in [-0.39, 0.29) is 75.3 Å². The quantitative estimate of drug-likeness (QED) is 0.0956. The van der Waals surface area contributed by atoms with Gasteiger partial charge >= 0.3 is 24.7 Å². The Kier molecular flexibility index (Phi) is 16.4. The summed E-state index contributed by atoms with van der Waals surface area (Å²) >= 11 is 0. The number of hydrogen-bond donors (Lipinski definition) is 3. The van der Waals surface area contributed by atoms with Gasteiger partial charge in [0.15, 0.2) is 0 Å². The molecule has 0 bridgehead atoms. The SMILES string of the molecule is CC(C)(C)c1cc(S(=O)(=O)Nc2cc(C(F)(F)F)cc(C(F)(F)F)c2)c2[nH]c3c(S(=O)(=O)Nc4cc(C(F)(F)F)cc(C(F)(F)F)c4)cc(C(C)(C)C)cc3c2c1.CC[N+](CC)(CC)CC.[Br-]. The highest BCUT2D eigenvalue weighted by molar-refractivity contribution is 7.93. The molecule has 0 aliphatic rings. The molecule has 0 radical (unpaired) electrons. The van der Waals surface area contributed by atoms with Crippen molar-refractivity contribution in [3.8, 4) is 0 Å². The molecule has 5 rings (SSSR count). The number of aromatic amines is 1. The van der Waals surface area contributed by atoms with Crippen molar-refractivity contribution >= 4 is 53.2 Å². The van der Waals surface area contributed by atoms with Crippen LogP contribution in [0.5, 0.6) is 0 Å². The summed E-state index contributed by atoms with van der Waals surface area (Å²) in [6.07, 6.45) is -21.3. The van der Waals surface area contributed by atoms with Gasteiger partial charge in [-0.25, -0.2) is 16.8 Å². The predicted octanol–water partition coefficient (Wildman–Crippen LogP) is 10.5. The van der Waals surface area contributed by atoms with E-state index < -0.39 is 110 Å². The fraction of sp³-hybridized carbons (Fsp3) is 0.455. The molecule has 3 N–H and O–H groups in total. The Morgan fingerprint density at radius 1 is 0.433 bits per heavy atom. The average Bonchev–Trinajstić information content (AvgIpc) is 3.54. The van der Waals surface area contributed by atoms with Gasteiger partial charge in [0.05, 0.1) is 70.8 Å². The Morgan fingerprint density at radius 3 is 0.881 bits per heavy atom. The zero-order valence-corrected chi connectivity index (χ0v) is 41.1. The largest absolute Gasteiger partial charge is 1.00 e. The molecule has 4 aromatic carbocycles. The maximum Gasteiger partial charge on any atom is 0.416 e. The van der Waals surface area contributed by atoms with Crippen LogP contribution in [0.25, 0.3) is 21.8 Å². The fourth-order valence-electron chi connectivity index (χ4n) is 7.12. The Hall–Kier alpha value is -4.22. The van der Waals surface area contributed by atoms with Crippen molar-refractivity contribution in [3.63, 3.8) is 0 Å². The van der Waals surface area contributed by atoms with Crippen molar-refractivity contribution in [1.29, 1.82) is 0 Å². The van der Waals surface area contributed by atoms with Crippen LogP contribution in [0.4, 0.5) is 64.1 Å². The number of alkyl halides is 12. The first-order chi connectivity index (χ1) is 29.7. The topological polar surface area (TPSA) is 108 Å². The van der Waals surface area contributed by atoms with Gasteiger partial charge in [0.2, 0.25) is 0 Å². The highest BCUT2D eigenvalue weighted by Crippen LogP contribution is 2.43. The van der Waals surface area contributed by atoms with Gasteiger partial charge in [0, 0.05) is 10.8 Å². The number of sulfonamides is 2. The van der Waals surface area contributed by atoms with E-state index in [1.54, 1.807) is 51.0 Å². The van der Waals surface area contributed by atoms with Gasteiger partial charge < -0.3 is 26.4 Å². The van der Waals surface area contributed by atoms with Crippen molar-refractivity contribution < 1.29 is 91.0 Å². The Labute approximate surface area is 392 Å². The highest BCUT2D eigenvalue weighted by Gasteiger charge is 2.40.